The quantitative estimate of drug-likeness (QED) is 0.632. The summed E-state index contributed by atoms with van der Waals surface area (Å²) in [5, 5.41) is 6.09. The van der Waals surface area contributed by atoms with Crippen LogP contribution in [0.5, 0.6) is 5.75 Å². The number of nitrogens with one attached hydrogen (secondary N) is 2. The van der Waals surface area contributed by atoms with Crippen LogP contribution in [0.2, 0.25) is 0 Å². The van der Waals surface area contributed by atoms with Crippen LogP contribution in [0.4, 0.5) is 15.9 Å². The van der Waals surface area contributed by atoms with Crippen molar-refractivity contribution in [2.75, 3.05) is 29.9 Å². The molecule has 6 nitrogen and oxygen atoms in total. The Morgan fingerprint density at radius 2 is 2.03 bits per heavy atom. The molecular formula is C24H31FN4O2. The van der Waals surface area contributed by atoms with Crippen molar-refractivity contribution in [2.45, 2.75) is 57.6 Å². The Labute approximate surface area is 183 Å². The number of aromatic nitrogens is 1. The van der Waals surface area contributed by atoms with Gasteiger partial charge in [0, 0.05) is 31.7 Å². The van der Waals surface area contributed by atoms with Gasteiger partial charge in [-0.2, -0.15) is 0 Å². The number of amides is 1. The lowest BCUT2D eigenvalue weighted by molar-refractivity contribution is -0.122. The van der Waals surface area contributed by atoms with Gasteiger partial charge in [-0.15, -0.1) is 0 Å². The van der Waals surface area contributed by atoms with Crippen LogP contribution in [0.3, 0.4) is 0 Å². The van der Waals surface area contributed by atoms with E-state index in [0.717, 1.165) is 43.5 Å². The summed E-state index contributed by atoms with van der Waals surface area (Å²) < 4.78 is 21.0. The van der Waals surface area contributed by atoms with Gasteiger partial charge in [-0.05, 0) is 49.9 Å². The van der Waals surface area contributed by atoms with Crippen LogP contribution < -0.4 is 20.3 Å². The molecule has 1 unspecified atom stereocenters. The van der Waals surface area contributed by atoms with Gasteiger partial charge in [-0.1, -0.05) is 19.1 Å². The van der Waals surface area contributed by atoms with Gasteiger partial charge in [0.15, 0.2) is 11.6 Å². The minimum atomic E-state index is -0.306. The molecule has 2 fully saturated rings. The lowest BCUT2D eigenvalue weighted by Gasteiger charge is -2.21. The summed E-state index contributed by atoms with van der Waals surface area (Å²) in [6, 6.07) is 9.82. The first-order chi connectivity index (χ1) is 15.0. The van der Waals surface area contributed by atoms with E-state index in [1.165, 1.54) is 0 Å². The average molecular weight is 427 g/mol. The van der Waals surface area contributed by atoms with Gasteiger partial charge in [-0.25, -0.2) is 9.37 Å². The van der Waals surface area contributed by atoms with E-state index in [4.69, 9.17) is 4.74 Å². The Morgan fingerprint density at radius 3 is 2.74 bits per heavy atom. The number of ether oxygens (including phenoxy) is 1. The van der Waals surface area contributed by atoms with Crippen molar-refractivity contribution in [1.29, 1.82) is 0 Å². The molecule has 1 amide bonds. The highest BCUT2D eigenvalue weighted by Gasteiger charge is 2.28. The lowest BCUT2D eigenvalue weighted by atomic mass is 10.0. The molecular weight excluding hydrogens is 395 g/mol. The molecule has 1 aromatic heterocycles. The number of halogens is 1. The summed E-state index contributed by atoms with van der Waals surface area (Å²) in [7, 11) is 0. The summed E-state index contributed by atoms with van der Waals surface area (Å²) in [6.07, 6.45) is 5.53. The number of carbonyl (C=O) groups is 1. The topological polar surface area (TPSA) is 66.5 Å². The largest absolute Gasteiger partial charge is 0.489 e. The van der Waals surface area contributed by atoms with Crippen LogP contribution in [0.1, 0.15) is 51.0 Å². The van der Waals surface area contributed by atoms with E-state index in [0.29, 0.717) is 30.6 Å². The SMILES string of the molecule is CCCNc1nccc(N2CC[C@@H](Oc3ccc(C(C)C(=O)NC4CC4)cc3)C2)c1F. The molecule has 1 aliphatic heterocycles. The fraction of sp³-hybridized carbons (Fsp3) is 0.500. The number of hydrogen-bond donors (Lipinski definition) is 2. The summed E-state index contributed by atoms with van der Waals surface area (Å²) in [6.45, 7) is 6.00. The average Bonchev–Trinajstić information content (AvgIpc) is 3.48. The van der Waals surface area contributed by atoms with Gasteiger partial charge in [0.2, 0.25) is 5.91 Å². The van der Waals surface area contributed by atoms with Crippen molar-refractivity contribution in [3.63, 3.8) is 0 Å². The van der Waals surface area contributed by atoms with Gasteiger partial charge in [0.1, 0.15) is 11.9 Å². The minimum Gasteiger partial charge on any atom is -0.489 e. The van der Waals surface area contributed by atoms with Crippen LogP contribution in [0, 0.1) is 5.82 Å². The fourth-order valence-corrected chi connectivity index (χ4v) is 3.82. The Balaban J connectivity index is 1.33. The molecule has 1 saturated carbocycles. The molecule has 1 saturated heterocycles. The predicted octanol–water partition coefficient (Wildman–Crippen LogP) is 4.08. The highest BCUT2D eigenvalue weighted by atomic mass is 19.1. The van der Waals surface area contributed by atoms with Crippen LogP contribution in [-0.2, 0) is 4.79 Å². The number of hydrogen-bond acceptors (Lipinski definition) is 5. The molecule has 2 aromatic rings. The van der Waals surface area contributed by atoms with Gasteiger partial charge in [0.25, 0.3) is 0 Å². The van der Waals surface area contributed by atoms with Crippen molar-refractivity contribution in [1.82, 2.24) is 10.3 Å². The molecule has 1 aliphatic carbocycles. The van der Waals surface area contributed by atoms with Gasteiger partial charge < -0.3 is 20.3 Å². The lowest BCUT2D eigenvalue weighted by Crippen LogP contribution is -2.29. The third kappa shape index (κ3) is 5.27. The maximum atomic E-state index is 14.8. The smallest absolute Gasteiger partial charge is 0.227 e. The van der Waals surface area contributed by atoms with Crippen molar-refractivity contribution < 1.29 is 13.9 Å². The van der Waals surface area contributed by atoms with Crippen LogP contribution in [0.25, 0.3) is 0 Å². The second kappa shape index (κ2) is 9.54. The molecule has 0 bridgehead atoms. The third-order valence-electron chi connectivity index (χ3n) is 5.90. The van der Waals surface area contributed by atoms with Crippen molar-refractivity contribution in [3.8, 4) is 5.75 Å². The number of rotatable bonds is 9. The van der Waals surface area contributed by atoms with Crippen LogP contribution >= 0.6 is 0 Å². The maximum Gasteiger partial charge on any atom is 0.227 e. The second-order valence-electron chi connectivity index (χ2n) is 8.47. The van der Waals surface area contributed by atoms with Crippen LogP contribution in [0.15, 0.2) is 36.5 Å². The minimum absolute atomic E-state index is 0.0129. The van der Waals surface area contributed by atoms with Crippen molar-refractivity contribution >= 4 is 17.4 Å². The first kappa shape index (κ1) is 21.4. The molecule has 2 aliphatic rings. The zero-order valence-electron chi connectivity index (χ0n) is 18.2. The van der Waals surface area contributed by atoms with E-state index in [1.54, 1.807) is 12.3 Å². The second-order valence-corrected chi connectivity index (χ2v) is 8.47. The molecule has 1 aromatic carbocycles. The Morgan fingerprint density at radius 1 is 1.26 bits per heavy atom. The number of anilines is 2. The first-order valence-corrected chi connectivity index (χ1v) is 11.3. The Bertz CT molecular complexity index is 901. The molecule has 0 radical (unpaired) electrons. The normalized spacial score (nSPS) is 19.2. The van der Waals surface area contributed by atoms with E-state index in [2.05, 4.69) is 15.6 Å². The van der Waals surface area contributed by atoms with E-state index >= 15 is 0 Å². The number of nitrogens with zero attached hydrogens (tertiary/aromatic N) is 2. The Hall–Kier alpha value is -2.83. The van der Waals surface area contributed by atoms with Crippen LogP contribution in [-0.4, -0.2) is 42.7 Å². The molecule has 7 heteroatoms. The highest BCUT2D eigenvalue weighted by molar-refractivity contribution is 5.83. The monoisotopic (exact) mass is 426 g/mol. The molecule has 4 rings (SSSR count). The maximum absolute atomic E-state index is 14.8. The van der Waals surface area contributed by atoms with E-state index in [9.17, 15) is 9.18 Å². The molecule has 2 N–H and O–H groups in total. The molecule has 166 valence electrons. The molecule has 2 atom stereocenters. The summed E-state index contributed by atoms with van der Waals surface area (Å²) >= 11 is 0. The van der Waals surface area contributed by atoms with Crippen molar-refractivity contribution in [2.24, 2.45) is 0 Å². The number of pyridine rings is 1. The van der Waals surface area contributed by atoms with E-state index in [-0.39, 0.29) is 23.7 Å². The van der Waals surface area contributed by atoms with Gasteiger partial charge in [-0.3, -0.25) is 4.79 Å². The summed E-state index contributed by atoms with van der Waals surface area (Å²) in [5.41, 5.74) is 1.54. The first-order valence-electron chi connectivity index (χ1n) is 11.3. The molecule has 31 heavy (non-hydrogen) atoms. The van der Waals surface area contributed by atoms with E-state index in [1.807, 2.05) is 43.0 Å². The zero-order chi connectivity index (χ0) is 21.8. The zero-order valence-corrected chi connectivity index (χ0v) is 18.2. The highest BCUT2D eigenvalue weighted by Crippen LogP contribution is 2.29. The van der Waals surface area contributed by atoms with Crippen molar-refractivity contribution in [3.05, 3.63) is 47.9 Å². The molecule has 0 spiro atoms. The van der Waals surface area contributed by atoms with Gasteiger partial charge in [0.05, 0.1) is 18.2 Å². The van der Waals surface area contributed by atoms with E-state index < -0.39 is 0 Å². The predicted molar refractivity (Wildman–Crippen MR) is 120 cm³/mol. The fourth-order valence-electron chi connectivity index (χ4n) is 3.82. The Kier molecular flexibility index (Phi) is 6.59. The van der Waals surface area contributed by atoms with Gasteiger partial charge >= 0.3 is 0 Å². The standard InChI is InChI=1S/C24H31FN4O2/c1-3-12-26-23-22(25)21(10-13-27-23)29-14-11-20(15-29)31-19-8-4-17(5-9-19)16(2)24(30)28-18-6-7-18/h4-5,8-10,13,16,18,20H,3,6-7,11-12,14-15H2,1-2H3,(H,26,27)(H,28,30)/t16?,20-/m1/s1. The third-order valence-corrected chi connectivity index (χ3v) is 5.90. The molecule has 2 heterocycles. The number of carbonyl (C=O) groups excluding carboxylic acids is 1. The summed E-state index contributed by atoms with van der Waals surface area (Å²) in [4.78, 5) is 18.4. The summed E-state index contributed by atoms with van der Waals surface area (Å²) in [5.74, 6) is 0.668. The number of benzene rings is 1.